The maximum Gasteiger partial charge on any atom is 0.276 e. The molecule has 0 saturated carbocycles. The topological polar surface area (TPSA) is 80.3 Å². The van der Waals surface area contributed by atoms with Crippen LogP contribution in [0.15, 0.2) is 34.9 Å². The Balaban J connectivity index is 1.22. The van der Waals surface area contributed by atoms with Crippen molar-refractivity contribution >= 4 is 17.0 Å². The molecule has 2 saturated heterocycles. The van der Waals surface area contributed by atoms with Crippen molar-refractivity contribution in [3.63, 3.8) is 0 Å². The van der Waals surface area contributed by atoms with E-state index in [0.29, 0.717) is 12.2 Å². The summed E-state index contributed by atoms with van der Waals surface area (Å²) in [7, 11) is 0. The number of amides is 1. The van der Waals surface area contributed by atoms with Gasteiger partial charge in [0.25, 0.3) is 5.91 Å². The Hall–Kier alpha value is -2.74. The molecule has 3 aromatic rings. The molecule has 2 fully saturated rings. The number of fused-ring (bicyclic) bond motifs is 1. The molecule has 0 unspecified atom stereocenters. The van der Waals surface area contributed by atoms with Crippen molar-refractivity contribution in [1.82, 2.24) is 29.8 Å². The largest absolute Gasteiger partial charge is 0.440 e. The first-order chi connectivity index (χ1) is 14.8. The van der Waals surface area contributed by atoms with Crippen LogP contribution in [0.2, 0.25) is 0 Å². The van der Waals surface area contributed by atoms with E-state index < -0.39 is 0 Å². The number of benzene rings is 1. The van der Waals surface area contributed by atoms with Crippen LogP contribution in [0.1, 0.15) is 54.4 Å². The molecule has 2 aliphatic rings. The molecule has 0 aliphatic carbocycles. The lowest BCUT2D eigenvalue weighted by Gasteiger charge is -2.30. The normalized spacial score (nSPS) is 20.7. The number of carbonyl (C=O) groups excluding carboxylic acids is 1. The van der Waals surface area contributed by atoms with Gasteiger partial charge in [0.1, 0.15) is 5.52 Å². The summed E-state index contributed by atoms with van der Waals surface area (Å²) in [5, 5.41) is 8.34. The predicted molar refractivity (Wildman–Crippen MR) is 112 cm³/mol. The van der Waals surface area contributed by atoms with Gasteiger partial charge in [-0.15, -0.1) is 5.10 Å². The molecular formula is C22H28N6O2. The summed E-state index contributed by atoms with van der Waals surface area (Å²) >= 11 is 0. The Morgan fingerprint density at radius 2 is 1.93 bits per heavy atom. The number of oxazole rings is 1. The number of hydrogen-bond donors (Lipinski definition) is 0. The van der Waals surface area contributed by atoms with E-state index in [-0.39, 0.29) is 11.8 Å². The number of hydrogen-bond acceptors (Lipinski definition) is 6. The van der Waals surface area contributed by atoms with Crippen LogP contribution < -0.4 is 0 Å². The number of para-hydroxylation sites is 2. The molecule has 8 nitrogen and oxygen atoms in total. The van der Waals surface area contributed by atoms with Gasteiger partial charge >= 0.3 is 0 Å². The number of aromatic nitrogens is 4. The van der Waals surface area contributed by atoms with Gasteiger partial charge < -0.3 is 14.2 Å². The molecule has 158 valence electrons. The highest BCUT2D eigenvalue weighted by Gasteiger charge is 2.29. The van der Waals surface area contributed by atoms with E-state index in [1.807, 2.05) is 29.2 Å². The second kappa shape index (κ2) is 8.55. The van der Waals surface area contributed by atoms with Crippen molar-refractivity contribution in [3.8, 4) is 0 Å². The summed E-state index contributed by atoms with van der Waals surface area (Å²) in [6.07, 6.45) is 7.57. The van der Waals surface area contributed by atoms with Gasteiger partial charge in [0.05, 0.1) is 18.7 Å². The average Bonchev–Trinajstić information content (AvgIpc) is 3.45. The summed E-state index contributed by atoms with van der Waals surface area (Å²) in [5.41, 5.74) is 2.09. The summed E-state index contributed by atoms with van der Waals surface area (Å²) in [5.74, 6) is 0.781. The van der Waals surface area contributed by atoms with E-state index in [2.05, 4.69) is 20.2 Å². The van der Waals surface area contributed by atoms with Gasteiger partial charge in [0, 0.05) is 19.6 Å². The highest BCUT2D eigenvalue weighted by atomic mass is 16.3. The van der Waals surface area contributed by atoms with Gasteiger partial charge in [-0.3, -0.25) is 9.48 Å². The molecule has 1 aromatic carbocycles. The van der Waals surface area contributed by atoms with Gasteiger partial charge in [0.15, 0.2) is 17.2 Å². The molecule has 4 heterocycles. The number of nitrogens with zero attached hydrogens (tertiary/aromatic N) is 6. The van der Waals surface area contributed by atoms with Crippen LogP contribution in [0.4, 0.5) is 0 Å². The molecule has 2 aromatic heterocycles. The maximum absolute atomic E-state index is 13.0. The van der Waals surface area contributed by atoms with Crippen molar-refractivity contribution in [2.24, 2.45) is 0 Å². The van der Waals surface area contributed by atoms with Crippen molar-refractivity contribution in [3.05, 3.63) is 42.0 Å². The van der Waals surface area contributed by atoms with Gasteiger partial charge in [-0.05, 0) is 50.9 Å². The molecule has 8 heteroatoms. The van der Waals surface area contributed by atoms with Gasteiger partial charge in [-0.2, -0.15) is 0 Å². The molecule has 0 bridgehead atoms. The molecule has 30 heavy (non-hydrogen) atoms. The van der Waals surface area contributed by atoms with Gasteiger partial charge in [-0.25, -0.2) is 4.98 Å². The average molecular weight is 409 g/mol. The molecule has 0 N–H and O–H groups in total. The van der Waals surface area contributed by atoms with E-state index in [0.717, 1.165) is 62.6 Å². The first-order valence-electron chi connectivity index (χ1n) is 11.0. The Morgan fingerprint density at radius 1 is 1.07 bits per heavy atom. The number of carbonyl (C=O) groups is 1. The lowest BCUT2D eigenvalue weighted by atomic mass is 9.98. The van der Waals surface area contributed by atoms with Crippen LogP contribution in [-0.4, -0.2) is 68.4 Å². The first-order valence-corrected chi connectivity index (χ1v) is 11.0. The predicted octanol–water partition coefficient (Wildman–Crippen LogP) is 2.93. The fourth-order valence-corrected chi connectivity index (χ4v) is 4.52. The van der Waals surface area contributed by atoms with Crippen molar-refractivity contribution < 1.29 is 9.21 Å². The third-order valence-corrected chi connectivity index (χ3v) is 6.22. The van der Waals surface area contributed by atoms with Crippen molar-refractivity contribution in [2.45, 2.75) is 44.6 Å². The summed E-state index contributed by atoms with van der Waals surface area (Å²) in [6.45, 7) is 5.38. The quantitative estimate of drug-likeness (QED) is 0.646. The monoisotopic (exact) mass is 408 g/mol. The highest BCUT2D eigenvalue weighted by molar-refractivity contribution is 5.92. The molecule has 1 atom stereocenters. The fraction of sp³-hybridized carbons (Fsp3) is 0.545. The lowest BCUT2D eigenvalue weighted by molar-refractivity contribution is 0.0693. The Labute approximate surface area is 175 Å². The van der Waals surface area contributed by atoms with Crippen LogP contribution in [-0.2, 0) is 6.54 Å². The third kappa shape index (κ3) is 4.09. The second-order valence-corrected chi connectivity index (χ2v) is 8.38. The molecule has 0 radical (unpaired) electrons. The van der Waals surface area contributed by atoms with E-state index in [9.17, 15) is 4.79 Å². The SMILES string of the molecule is O=C(c1cn(CCN2CCCCC2)nn1)N1CCC[C@H](c2nc3ccccc3o2)C1. The maximum atomic E-state index is 13.0. The van der Waals surface area contributed by atoms with Crippen LogP contribution >= 0.6 is 0 Å². The first kappa shape index (κ1) is 19.2. The molecule has 5 rings (SSSR count). The summed E-state index contributed by atoms with van der Waals surface area (Å²) in [4.78, 5) is 22.0. The van der Waals surface area contributed by atoms with Gasteiger partial charge in [-0.1, -0.05) is 23.8 Å². The minimum atomic E-state index is -0.0555. The zero-order valence-corrected chi connectivity index (χ0v) is 17.2. The Morgan fingerprint density at radius 3 is 2.80 bits per heavy atom. The number of likely N-dealkylation sites (tertiary alicyclic amines) is 2. The molecule has 0 spiro atoms. The summed E-state index contributed by atoms with van der Waals surface area (Å²) < 4.78 is 7.74. The summed E-state index contributed by atoms with van der Waals surface area (Å²) in [6, 6.07) is 7.79. The molecule has 1 amide bonds. The standard InChI is InChI=1S/C22H28N6O2/c29-22(19-16-28(25-24-19)14-13-26-10-4-1-5-11-26)27-12-6-7-17(15-27)21-23-18-8-2-3-9-20(18)30-21/h2-3,8-9,16-17H,1,4-7,10-15H2/t17-/m0/s1. The van der Waals surface area contributed by atoms with E-state index in [4.69, 9.17) is 4.42 Å². The van der Waals surface area contributed by atoms with Crippen molar-refractivity contribution in [1.29, 1.82) is 0 Å². The second-order valence-electron chi connectivity index (χ2n) is 8.38. The minimum absolute atomic E-state index is 0.0555. The molecule has 2 aliphatic heterocycles. The smallest absolute Gasteiger partial charge is 0.276 e. The van der Waals surface area contributed by atoms with E-state index in [1.54, 1.807) is 10.9 Å². The van der Waals surface area contributed by atoms with Crippen molar-refractivity contribution in [2.75, 3.05) is 32.7 Å². The minimum Gasteiger partial charge on any atom is -0.440 e. The Bertz CT molecular complexity index is 973. The van der Waals surface area contributed by atoms with E-state index in [1.165, 1.54) is 19.3 Å². The zero-order chi connectivity index (χ0) is 20.3. The molecular weight excluding hydrogens is 380 g/mol. The fourth-order valence-electron chi connectivity index (χ4n) is 4.52. The van der Waals surface area contributed by atoms with Gasteiger partial charge in [0.2, 0.25) is 0 Å². The highest BCUT2D eigenvalue weighted by Crippen LogP contribution is 2.29. The number of rotatable bonds is 5. The van der Waals surface area contributed by atoms with Crippen LogP contribution in [0.5, 0.6) is 0 Å². The van der Waals surface area contributed by atoms with Crippen LogP contribution in [0.3, 0.4) is 0 Å². The Kier molecular flexibility index (Phi) is 5.48. The third-order valence-electron chi connectivity index (χ3n) is 6.22. The van der Waals surface area contributed by atoms with Crippen LogP contribution in [0, 0.1) is 0 Å². The van der Waals surface area contributed by atoms with E-state index >= 15 is 0 Å². The number of piperidine rings is 2. The van der Waals surface area contributed by atoms with Crippen LogP contribution in [0.25, 0.3) is 11.1 Å². The lowest BCUT2D eigenvalue weighted by Crippen LogP contribution is -2.39. The zero-order valence-electron chi connectivity index (χ0n) is 17.2.